The van der Waals surface area contributed by atoms with Gasteiger partial charge >= 0.3 is 0 Å². The normalized spacial score (nSPS) is 11.0. The molecule has 142 valence electrons. The number of aryl methyl sites for hydroxylation is 1. The van der Waals surface area contributed by atoms with E-state index in [0.717, 1.165) is 29.5 Å². The van der Waals surface area contributed by atoms with E-state index in [2.05, 4.69) is 45.4 Å². The van der Waals surface area contributed by atoms with Gasteiger partial charge in [-0.1, -0.05) is 41.9 Å². The zero-order valence-electron chi connectivity index (χ0n) is 14.8. The summed E-state index contributed by atoms with van der Waals surface area (Å²) in [6, 6.07) is 7.04. The molecule has 0 unspecified atom stereocenters. The van der Waals surface area contributed by atoms with Gasteiger partial charge in [-0.05, 0) is 37.6 Å². The molecule has 0 saturated heterocycles. The minimum absolute atomic E-state index is 0.155. The van der Waals surface area contributed by atoms with Gasteiger partial charge in [-0.25, -0.2) is 0 Å². The monoisotopic (exact) mass is 440 g/mol. The summed E-state index contributed by atoms with van der Waals surface area (Å²) >= 11 is 15.0. The van der Waals surface area contributed by atoms with E-state index >= 15 is 0 Å². The number of carbonyl (C=O) groups excluding carboxylic acids is 1. The van der Waals surface area contributed by atoms with E-state index in [1.54, 1.807) is 29.5 Å². The summed E-state index contributed by atoms with van der Waals surface area (Å²) < 4.78 is 2.07. The van der Waals surface area contributed by atoms with Gasteiger partial charge in [-0.3, -0.25) is 4.79 Å². The highest BCUT2D eigenvalue weighted by Crippen LogP contribution is 2.28. The number of hydrogen-bond donors (Lipinski definition) is 1. The van der Waals surface area contributed by atoms with Gasteiger partial charge in [0.25, 0.3) is 0 Å². The Morgan fingerprint density at radius 2 is 1.96 bits per heavy atom. The van der Waals surface area contributed by atoms with Crippen LogP contribution in [-0.2, 0) is 11.3 Å². The van der Waals surface area contributed by atoms with Crippen LogP contribution in [0.15, 0.2) is 34.8 Å². The molecular weight excluding hydrogens is 423 g/mol. The molecular formula is C18H18Cl2N4OS2. The van der Waals surface area contributed by atoms with E-state index in [1.165, 1.54) is 16.6 Å². The molecule has 5 nitrogen and oxygen atoms in total. The molecule has 27 heavy (non-hydrogen) atoms. The van der Waals surface area contributed by atoms with Crippen LogP contribution in [0.25, 0.3) is 11.4 Å². The smallest absolute Gasteiger partial charge is 0.234 e. The molecule has 0 aliphatic heterocycles. The third kappa shape index (κ3) is 5.25. The van der Waals surface area contributed by atoms with Crippen molar-refractivity contribution in [3.63, 3.8) is 0 Å². The summed E-state index contributed by atoms with van der Waals surface area (Å²) in [7, 11) is 0. The summed E-state index contributed by atoms with van der Waals surface area (Å²) in [5.74, 6) is 0.900. The Hall–Kier alpha value is -1.54. The first kappa shape index (κ1) is 20.2. The molecule has 0 spiro atoms. The number of thiophene rings is 1. The summed E-state index contributed by atoms with van der Waals surface area (Å²) in [6.07, 6.45) is 0.953. The largest absolute Gasteiger partial charge is 0.325 e. The van der Waals surface area contributed by atoms with E-state index in [4.69, 9.17) is 23.2 Å². The molecule has 9 heteroatoms. The summed E-state index contributed by atoms with van der Waals surface area (Å²) in [5, 5.41) is 15.2. The number of benzene rings is 1. The average molecular weight is 441 g/mol. The summed E-state index contributed by atoms with van der Waals surface area (Å²) in [5.41, 5.74) is 1.63. The molecule has 0 saturated carbocycles. The van der Waals surface area contributed by atoms with Gasteiger partial charge in [-0.15, -0.1) is 21.5 Å². The Morgan fingerprint density at radius 1 is 1.22 bits per heavy atom. The van der Waals surface area contributed by atoms with Crippen molar-refractivity contribution in [1.29, 1.82) is 0 Å². The molecule has 1 N–H and O–H groups in total. The zero-order valence-corrected chi connectivity index (χ0v) is 18.0. The fraction of sp³-hybridized carbons (Fsp3) is 0.278. The highest BCUT2D eigenvalue weighted by atomic mass is 35.5. The van der Waals surface area contributed by atoms with E-state index in [1.807, 2.05) is 0 Å². The maximum atomic E-state index is 12.3. The molecule has 0 fully saturated rings. The van der Waals surface area contributed by atoms with E-state index in [9.17, 15) is 4.79 Å². The van der Waals surface area contributed by atoms with Crippen LogP contribution in [0.1, 0.15) is 18.2 Å². The molecule has 2 heterocycles. The predicted molar refractivity (Wildman–Crippen MR) is 114 cm³/mol. The van der Waals surface area contributed by atoms with Crippen LogP contribution in [0.4, 0.5) is 5.69 Å². The third-order valence-corrected chi connectivity index (χ3v) is 5.90. The topological polar surface area (TPSA) is 59.8 Å². The molecule has 2 aromatic heterocycles. The van der Waals surface area contributed by atoms with Crippen LogP contribution in [0.3, 0.4) is 0 Å². The van der Waals surface area contributed by atoms with Crippen molar-refractivity contribution in [2.24, 2.45) is 0 Å². The van der Waals surface area contributed by atoms with Crippen LogP contribution in [0, 0.1) is 6.92 Å². The van der Waals surface area contributed by atoms with E-state index < -0.39 is 0 Å². The number of thioether (sulfide) groups is 1. The Bertz CT molecular complexity index is 934. The number of nitrogens with zero attached hydrogens (tertiary/aromatic N) is 3. The standard InChI is InChI=1S/C18H18Cl2N4OS2/c1-3-4-24-17(12-5-11(2)26-9-12)22-23-18(24)27-10-16(25)21-15-7-13(19)6-14(20)8-15/h5-9H,3-4,10H2,1-2H3,(H,21,25). The first-order chi connectivity index (χ1) is 13.0. The van der Waals surface area contributed by atoms with Gasteiger partial charge < -0.3 is 9.88 Å². The highest BCUT2D eigenvalue weighted by Gasteiger charge is 2.16. The molecule has 0 aliphatic carbocycles. The van der Waals surface area contributed by atoms with Crippen LogP contribution in [-0.4, -0.2) is 26.4 Å². The molecule has 0 bridgehead atoms. The lowest BCUT2D eigenvalue weighted by atomic mass is 10.3. The van der Waals surface area contributed by atoms with Crippen molar-refractivity contribution < 1.29 is 4.79 Å². The molecule has 3 aromatic rings. The van der Waals surface area contributed by atoms with Crippen molar-refractivity contribution in [2.75, 3.05) is 11.1 Å². The quantitative estimate of drug-likeness (QED) is 0.474. The van der Waals surface area contributed by atoms with Gasteiger partial charge in [0.15, 0.2) is 11.0 Å². The SMILES string of the molecule is CCCn1c(SCC(=O)Nc2cc(Cl)cc(Cl)c2)nnc1-c1csc(C)c1. The maximum Gasteiger partial charge on any atom is 0.234 e. The number of anilines is 1. The molecule has 0 aliphatic rings. The van der Waals surface area contributed by atoms with Gasteiger partial charge in [0.05, 0.1) is 5.75 Å². The minimum atomic E-state index is -0.155. The molecule has 1 amide bonds. The maximum absolute atomic E-state index is 12.3. The van der Waals surface area contributed by atoms with Crippen molar-refractivity contribution in [3.05, 3.63) is 44.6 Å². The highest BCUT2D eigenvalue weighted by molar-refractivity contribution is 7.99. The number of nitrogens with one attached hydrogen (secondary N) is 1. The Balaban J connectivity index is 1.70. The first-order valence-electron chi connectivity index (χ1n) is 8.33. The fourth-order valence-corrected chi connectivity index (χ4v) is 4.52. The van der Waals surface area contributed by atoms with E-state index in [0.29, 0.717) is 15.7 Å². The Kier molecular flexibility index (Phi) is 6.81. The van der Waals surface area contributed by atoms with Crippen LogP contribution in [0.5, 0.6) is 0 Å². The Morgan fingerprint density at radius 3 is 2.59 bits per heavy atom. The fourth-order valence-electron chi connectivity index (χ4n) is 2.55. The second-order valence-electron chi connectivity index (χ2n) is 5.90. The molecule has 0 atom stereocenters. The average Bonchev–Trinajstić information content (AvgIpc) is 3.18. The first-order valence-corrected chi connectivity index (χ1v) is 11.0. The number of amides is 1. The lowest BCUT2D eigenvalue weighted by molar-refractivity contribution is -0.113. The molecule has 0 radical (unpaired) electrons. The van der Waals surface area contributed by atoms with Crippen molar-refractivity contribution >= 4 is 57.9 Å². The predicted octanol–water partition coefficient (Wildman–Crippen LogP) is 5.76. The molecule has 1 aromatic carbocycles. The summed E-state index contributed by atoms with van der Waals surface area (Å²) in [4.78, 5) is 13.5. The second-order valence-corrected chi connectivity index (χ2v) is 8.83. The van der Waals surface area contributed by atoms with E-state index in [-0.39, 0.29) is 11.7 Å². The van der Waals surface area contributed by atoms with Crippen LogP contribution >= 0.6 is 46.3 Å². The number of aromatic nitrogens is 3. The number of rotatable bonds is 7. The van der Waals surface area contributed by atoms with Gasteiger partial charge in [0, 0.05) is 38.1 Å². The van der Waals surface area contributed by atoms with Crippen LogP contribution in [0.2, 0.25) is 10.0 Å². The Labute approximate surface area is 176 Å². The van der Waals surface area contributed by atoms with Crippen molar-refractivity contribution in [1.82, 2.24) is 14.8 Å². The summed E-state index contributed by atoms with van der Waals surface area (Å²) in [6.45, 7) is 4.97. The van der Waals surface area contributed by atoms with Gasteiger partial charge in [0.1, 0.15) is 0 Å². The number of carbonyl (C=O) groups is 1. The molecule has 3 rings (SSSR count). The second kappa shape index (κ2) is 9.10. The van der Waals surface area contributed by atoms with Crippen LogP contribution < -0.4 is 5.32 Å². The van der Waals surface area contributed by atoms with Crippen molar-refractivity contribution in [3.8, 4) is 11.4 Å². The number of halogens is 2. The lowest BCUT2D eigenvalue weighted by Gasteiger charge is -2.09. The van der Waals surface area contributed by atoms with Gasteiger partial charge in [-0.2, -0.15) is 0 Å². The van der Waals surface area contributed by atoms with Crippen molar-refractivity contribution in [2.45, 2.75) is 32.0 Å². The van der Waals surface area contributed by atoms with Gasteiger partial charge in [0.2, 0.25) is 5.91 Å². The third-order valence-electron chi connectivity index (χ3n) is 3.63. The zero-order chi connectivity index (χ0) is 19.4. The minimum Gasteiger partial charge on any atom is -0.325 e. The number of hydrogen-bond acceptors (Lipinski definition) is 5. The lowest BCUT2D eigenvalue weighted by Crippen LogP contribution is -2.14.